The van der Waals surface area contributed by atoms with E-state index in [2.05, 4.69) is 128 Å². The summed E-state index contributed by atoms with van der Waals surface area (Å²) in [6, 6.07) is 42.7. The lowest BCUT2D eigenvalue weighted by molar-refractivity contribution is 1.26. The maximum absolute atomic E-state index is 2.57. The fourth-order valence-electron chi connectivity index (χ4n) is 7.67. The lowest BCUT2D eigenvalue weighted by atomic mass is 10.1. The highest BCUT2D eigenvalue weighted by atomic mass is 32.1. The molecular weight excluding hydrogens is 506 g/mol. The third-order valence-electron chi connectivity index (χ3n) is 9.11. The van der Waals surface area contributed by atoms with Crippen molar-refractivity contribution in [2.75, 3.05) is 0 Å². The highest BCUT2D eigenvalue weighted by molar-refractivity contribution is 7.24. The minimum absolute atomic E-state index is 1.25. The zero-order valence-electron chi connectivity index (χ0n) is 21.2. The molecule has 0 saturated heterocycles. The van der Waals surface area contributed by atoms with Crippen molar-refractivity contribution >= 4 is 103 Å². The van der Waals surface area contributed by atoms with Crippen molar-refractivity contribution < 1.29 is 0 Å². The van der Waals surface area contributed by atoms with Crippen LogP contribution in [-0.2, 0) is 0 Å². The van der Waals surface area contributed by atoms with Crippen LogP contribution < -0.4 is 0 Å². The highest BCUT2D eigenvalue weighted by Crippen LogP contribution is 2.47. The van der Waals surface area contributed by atoms with E-state index in [1.807, 2.05) is 11.3 Å². The Labute approximate surface area is 230 Å². The second kappa shape index (κ2) is 6.56. The lowest BCUT2D eigenvalue weighted by Crippen LogP contribution is -1.98. The van der Waals surface area contributed by atoms with Gasteiger partial charge < -0.3 is 13.2 Å². The van der Waals surface area contributed by atoms with Crippen LogP contribution in [0.3, 0.4) is 0 Å². The van der Waals surface area contributed by atoms with Gasteiger partial charge in [-0.1, -0.05) is 72.8 Å². The van der Waals surface area contributed by atoms with Crippen molar-refractivity contribution in [3.05, 3.63) is 115 Å². The molecule has 0 N–H and O–H groups in total. The summed E-state index contributed by atoms with van der Waals surface area (Å²) in [6.45, 7) is 0. The van der Waals surface area contributed by atoms with Gasteiger partial charge >= 0.3 is 0 Å². The molecule has 5 aromatic heterocycles. The van der Waals surface area contributed by atoms with Gasteiger partial charge in [0.15, 0.2) is 0 Å². The Morgan fingerprint density at radius 2 is 0.950 bits per heavy atom. The first-order valence-corrected chi connectivity index (χ1v) is 14.5. The van der Waals surface area contributed by atoms with E-state index in [0.29, 0.717) is 0 Å². The van der Waals surface area contributed by atoms with Crippen molar-refractivity contribution in [2.24, 2.45) is 0 Å². The van der Waals surface area contributed by atoms with Crippen molar-refractivity contribution in [3.63, 3.8) is 0 Å². The van der Waals surface area contributed by atoms with Crippen molar-refractivity contribution in [1.82, 2.24) is 13.2 Å². The summed E-state index contributed by atoms with van der Waals surface area (Å²) < 4.78 is 10.2. The van der Waals surface area contributed by atoms with Gasteiger partial charge in [0.1, 0.15) is 0 Å². The number of nitrogens with zero attached hydrogens (tertiary/aromatic N) is 3. The molecule has 0 spiro atoms. The molecular formula is C36H19N3S. The Bertz CT molecular complexity index is 2870. The van der Waals surface area contributed by atoms with Crippen LogP contribution in [-0.4, -0.2) is 13.2 Å². The number of hydrogen-bond acceptors (Lipinski definition) is 1. The zero-order chi connectivity index (χ0) is 25.7. The molecule has 6 aromatic carbocycles. The molecule has 0 aliphatic rings. The minimum atomic E-state index is 1.25. The van der Waals surface area contributed by atoms with E-state index in [0.717, 1.165) is 0 Å². The molecule has 0 saturated carbocycles. The lowest BCUT2D eigenvalue weighted by Gasteiger charge is -2.13. The maximum Gasteiger partial charge on any atom is 0.0811 e. The van der Waals surface area contributed by atoms with E-state index in [4.69, 9.17) is 0 Å². The van der Waals surface area contributed by atoms with E-state index in [9.17, 15) is 0 Å². The van der Waals surface area contributed by atoms with Crippen LogP contribution in [0.5, 0.6) is 0 Å². The van der Waals surface area contributed by atoms with Gasteiger partial charge in [0.25, 0.3) is 0 Å². The van der Waals surface area contributed by atoms with Crippen LogP contribution in [0.15, 0.2) is 115 Å². The van der Waals surface area contributed by atoms with Crippen molar-refractivity contribution in [1.29, 1.82) is 0 Å². The third kappa shape index (κ3) is 2.05. The van der Waals surface area contributed by atoms with Gasteiger partial charge in [0, 0.05) is 32.3 Å². The first-order valence-electron chi connectivity index (χ1n) is 13.7. The van der Waals surface area contributed by atoms with Gasteiger partial charge in [0.2, 0.25) is 0 Å². The normalized spacial score (nSPS) is 13.0. The summed E-state index contributed by atoms with van der Waals surface area (Å²) in [6.07, 6.45) is 0. The maximum atomic E-state index is 2.57. The summed E-state index contributed by atoms with van der Waals surface area (Å²) in [4.78, 5) is 0. The van der Waals surface area contributed by atoms with Gasteiger partial charge in [-0.05, 0) is 42.5 Å². The average Bonchev–Trinajstić information content (AvgIpc) is 3.64. The van der Waals surface area contributed by atoms with Crippen LogP contribution in [0.1, 0.15) is 0 Å². The Kier molecular flexibility index (Phi) is 3.27. The summed E-state index contributed by atoms with van der Waals surface area (Å²) in [5, 5.41) is 7.83. The fourth-order valence-corrected chi connectivity index (χ4v) is 8.76. The van der Waals surface area contributed by atoms with E-state index in [1.54, 1.807) is 0 Å². The molecule has 0 aliphatic heterocycles. The molecule has 5 heterocycles. The van der Waals surface area contributed by atoms with Gasteiger partial charge in [-0.2, -0.15) is 0 Å². The largest absolute Gasteiger partial charge is 0.306 e. The Morgan fingerprint density at radius 1 is 0.350 bits per heavy atom. The Hall–Kier alpha value is -5.06. The van der Waals surface area contributed by atoms with Gasteiger partial charge in [-0.3, -0.25) is 0 Å². The number of para-hydroxylation sites is 5. The number of benzene rings is 6. The predicted octanol–water partition coefficient (Wildman–Crippen LogP) is 10.0. The molecule has 0 bridgehead atoms. The van der Waals surface area contributed by atoms with Gasteiger partial charge in [-0.25, -0.2) is 0 Å². The number of fused-ring (bicyclic) bond motifs is 14. The Morgan fingerprint density at radius 3 is 1.82 bits per heavy atom. The average molecular weight is 526 g/mol. The topological polar surface area (TPSA) is 13.2 Å². The molecule has 0 aliphatic carbocycles. The van der Waals surface area contributed by atoms with Crippen molar-refractivity contribution in [2.45, 2.75) is 0 Å². The molecule has 11 rings (SSSR count). The highest BCUT2D eigenvalue weighted by Gasteiger charge is 2.25. The Balaban J connectivity index is 1.63. The van der Waals surface area contributed by atoms with Crippen LogP contribution in [0.4, 0.5) is 0 Å². The van der Waals surface area contributed by atoms with Crippen LogP contribution >= 0.6 is 11.3 Å². The molecule has 0 amide bonds. The second-order valence-electron chi connectivity index (χ2n) is 11.0. The quantitative estimate of drug-likeness (QED) is 0.175. The monoisotopic (exact) mass is 525 g/mol. The molecule has 0 atom stereocenters. The summed E-state index contributed by atoms with van der Waals surface area (Å²) in [5.74, 6) is 0. The molecule has 0 radical (unpaired) electrons. The number of aromatic nitrogens is 3. The van der Waals surface area contributed by atoms with Gasteiger partial charge in [-0.15, -0.1) is 11.3 Å². The van der Waals surface area contributed by atoms with Crippen molar-refractivity contribution in [3.8, 4) is 0 Å². The van der Waals surface area contributed by atoms with Crippen LogP contribution in [0, 0.1) is 0 Å². The third-order valence-corrected chi connectivity index (χ3v) is 10.2. The molecule has 11 aromatic rings. The number of rotatable bonds is 0. The van der Waals surface area contributed by atoms with Gasteiger partial charge in [0.05, 0.1) is 59.1 Å². The number of hydrogen-bond donors (Lipinski definition) is 0. The predicted molar refractivity (Wildman–Crippen MR) is 171 cm³/mol. The summed E-state index contributed by atoms with van der Waals surface area (Å²) in [5.41, 5.74) is 11.5. The van der Waals surface area contributed by atoms with Crippen LogP contribution in [0.25, 0.3) is 91.4 Å². The molecule has 3 nitrogen and oxygen atoms in total. The van der Waals surface area contributed by atoms with E-state index in [-0.39, 0.29) is 0 Å². The second-order valence-corrected chi connectivity index (χ2v) is 12.0. The standard InChI is InChI=1S/C36H19N3S/c1-4-14-26-20(9-1)22-11-7-16-28-33(22)39(26)36-32-23-12-8-18-31-34(23)38(27-15-5-6-17-30(27)40-31)29(32)19-24-21-10-2-3-13-25(21)37(28)35(24)36/h1-19H. The smallest absolute Gasteiger partial charge is 0.0811 e. The SMILES string of the molecule is c1ccc2c(c1)sc1cccc3c4c(cc5c6ccccc6n6c7cccc8c9ccccc9n(c87)c4c56)n2c13. The molecule has 40 heavy (non-hydrogen) atoms. The molecule has 184 valence electrons. The molecule has 4 heteroatoms. The first kappa shape index (κ1) is 19.9. The molecule has 0 unspecified atom stereocenters. The van der Waals surface area contributed by atoms with Crippen LogP contribution in [0.2, 0.25) is 0 Å². The summed E-state index contributed by atoms with van der Waals surface area (Å²) >= 11 is 1.88. The molecule has 0 fully saturated rings. The summed E-state index contributed by atoms with van der Waals surface area (Å²) in [7, 11) is 0. The zero-order valence-corrected chi connectivity index (χ0v) is 22.0. The van der Waals surface area contributed by atoms with E-state index in [1.165, 1.54) is 91.4 Å². The minimum Gasteiger partial charge on any atom is -0.306 e. The van der Waals surface area contributed by atoms with E-state index >= 15 is 0 Å². The first-order chi connectivity index (χ1) is 19.9. The van der Waals surface area contributed by atoms with E-state index < -0.39 is 0 Å². The fraction of sp³-hybridized carbons (Fsp3) is 0.